The molecular weight excluding hydrogens is 284 g/mol. The second kappa shape index (κ2) is 5.69. The van der Waals surface area contributed by atoms with Gasteiger partial charge in [0.2, 0.25) is 5.91 Å². The molecule has 1 aromatic carbocycles. The van der Waals surface area contributed by atoms with E-state index < -0.39 is 0 Å². The molecule has 0 aliphatic carbocycles. The fraction of sp³-hybridized carbons (Fsp3) is 0.250. The standard InChI is InChI=1S/C16H16N2O2S/c1-18(10-13-3-2-8-21-13)16(20)12-4-6-14-11(9-12)5-7-15(19)17-14/h2-4,6,8-9H,5,7,10H2,1H3,(H,17,19). The van der Waals surface area contributed by atoms with Crippen molar-refractivity contribution >= 4 is 28.8 Å². The maximum absolute atomic E-state index is 12.5. The number of fused-ring (bicyclic) bond motifs is 1. The van der Waals surface area contributed by atoms with Crippen LogP contribution in [0.5, 0.6) is 0 Å². The van der Waals surface area contributed by atoms with E-state index in [1.807, 2.05) is 36.7 Å². The van der Waals surface area contributed by atoms with E-state index >= 15 is 0 Å². The van der Waals surface area contributed by atoms with E-state index in [1.165, 1.54) is 0 Å². The van der Waals surface area contributed by atoms with Crippen molar-refractivity contribution in [3.05, 3.63) is 51.7 Å². The molecule has 108 valence electrons. The predicted molar refractivity (Wildman–Crippen MR) is 83.5 cm³/mol. The average molecular weight is 300 g/mol. The van der Waals surface area contributed by atoms with Crippen molar-refractivity contribution in [3.8, 4) is 0 Å². The summed E-state index contributed by atoms with van der Waals surface area (Å²) in [6.07, 6.45) is 1.17. The topological polar surface area (TPSA) is 49.4 Å². The zero-order valence-corrected chi connectivity index (χ0v) is 12.6. The highest BCUT2D eigenvalue weighted by molar-refractivity contribution is 7.09. The molecule has 0 atom stereocenters. The molecule has 0 fully saturated rings. The van der Waals surface area contributed by atoms with Crippen molar-refractivity contribution in [2.24, 2.45) is 0 Å². The summed E-state index contributed by atoms with van der Waals surface area (Å²) in [5.74, 6) is 0.0412. The number of aryl methyl sites for hydroxylation is 1. The monoisotopic (exact) mass is 300 g/mol. The molecule has 0 bridgehead atoms. The third kappa shape index (κ3) is 2.97. The number of hydrogen-bond donors (Lipinski definition) is 1. The molecule has 0 unspecified atom stereocenters. The first kappa shape index (κ1) is 13.8. The van der Waals surface area contributed by atoms with Gasteiger partial charge < -0.3 is 10.2 Å². The van der Waals surface area contributed by atoms with Gasteiger partial charge in [0.25, 0.3) is 5.91 Å². The fourth-order valence-corrected chi connectivity index (χ4v) is 3.20. The lowest BCUT2D eigenvalue weighted by Gasteiger charge is -2.20. The molecule has 1 N–H and O–H groups in total. The number of nitrogens with zero attached hydrogens (tertiary/aromatic N) is 1. The van der Waals surface area contributed by atoms with Gasteiger partial charge in [-0.2, -0.15) is 0 Å². The molecular formula is C16H16N2O2S. The average Bonchev–Trinajstić information content (AvgIpc) is 2.98. The van der Waals surface area contributed by atoms with Crippen LogP contribution in [-0.2, 0) is 17.8 Å². The van der Waals surface area contributed by atoms with Crippen LogP contribution in [0.2, 0.25) is 0 Å². The highest BCUT2D eigenvalue weighted by Gasteiger charge is 2.18. The number of hydrogen-bond acceptors (Lipinski definition) is 3. The molecule has 1 aromatic heterocycles. The van der Waals surface area contributed by atoms with E-state index in [1.54, 1.807) is 22.3 Å². The lowest BCUT2D eigenvalue weighted by Crippen LogP contribution is -2.26. The van der Waals surface area contributed by atoms with E-state index in [9.17, 15) is 9.59 Å². The molecule has 0 radical (unpaired) electrons. The van der Waals surface area contributed by atoms with Gasteiger partial charge in [-0.05, 0) is 41.6 Å². The highest BCUT2D eigenvalue weighted by atomic mass is 32.1. The van der Waals surface area contributed by atoms with Gasteiger partial charge in [-0.3, -0.25) is 9.59 Å². The number of nitrogens with one attached hydrogen (secondary N) is 1. The van der Waals surface area contributed by atoms with E-state index in [4.69, 9.17) is 0 Å². The number of rotatable bonds is 3. The maximum atomic E-state index is 12.5. The summed E-state index contributed by atoms with van der Waals surface area (Å²) >= 11 is 1.65. The van der Waals surface area contributed by atoms with Gasteiger partial charge in [0.15, 0.2) is 0 Å². The predicted octanol–water partition coefficient (Wildman–Crippen LogP) is 2.91. The zero-order chi connectivity index (χ0) is 14.8. The zero-order valence-electron chi connectivity index (χ0n) is 11.8. The van der Waals surface area contributed by atoms with Crippen LogP contribution >= 0.6 is 11.3 Å². The Morgan fingerprint density at radius 1 is 1.33 bits per heavy atom. The smallest absolute Gasteiger partial charge is 0.253 e. The van der Waals surface area contributed by atoms with E-state index in [-0.39, 0.29) is 11.8 Å². The van der Waals surface area contributed by atoms with Crippen LogP contribution in [-0.4, -0.2) is 23.8 Å². The van der Waals surface area contributed by atoms with Crippen molar-refractivity contribution in [1.29, 1.82) is 0 Å². The molecule has 2 heterocycles. The van der Waals surface area contributed by atoms with Crippen molar-refractivity contribution in [3.63, 3.8) is 0 Å². The summed E-state index contributed by atoms with van der Waals surface area (Å²) in [7, 11) is 1.81. The van der Waals surface area contributed by atoms with Gasteiger partial charge in [-0.1, -0.05) is 6.07 Å². The first-order valence-corrected chi connectivity index (χ1v) is 7.72. The summed E-state index contributed by atoms with van der Waals surface area (Å²) in [4.78, 5) is 26.7. The Kier molecular flexibility index (Phi) is 3.75. The van der Waals surface area contributed by atoms with Gasteiger partial charge >= 0.3 is 0 Å². The van der Waals surface area contributed by atoms with E-state index in [2.05, 4.69) is 5.32 Å². The van der Waals surface area contributed by atoms with Crippen LogP contribution in [0, 0.1) is 0 Å². The molecule has 1 aliphatic heterocycles. The number of thiophene rings is 1. The molecule has 4 nitrogen and oxygen atoms in total. The van der Waals surface area contributed by atoms with Gasteiger partial charge in [0.1, 0.15) is 0 Å². The Hall–Kier alpha value is -2.14. The number of anilines is 1. The second-order valence-electron chi connectivity index (χ2n) is 5.16. The minimum absolute atomic E-state index is 0.00287. The minimum Gasteiger partial charge on any atom is -0.337 e. The second-order valence-corrected chi connectivity index (χ2v) is 6.19. The third-order valence-electron chi connectivity index (χ3n) is 3.57. The minimum atomic E-state index is 0.00287. The third-order valence-corrected chi connectivity index (χ3v) is 4.43. The van der Waals surface area contributed by atoms with Crippen LogP contribution < -0.4 is 5.32 Å². The molecule has 0 saturated heterocycles. The van der Waals surface area contributed by atoms with E-state index in [0.29, 0.717) is 24.9 Å². The number of benzene rings is 1. The molecule has 3 rings (SSSR count). The molecule has 0 saturated carbocycles. The Morgan fingerprint density at radius 2 is 2.19 bits per heavy atom. The van der Waals surface area contributed by atoms with Crippen molar-refractivity contribution < 1.29 is 9.59 Å². The van der Waals surface area contributed by atoms with Gasteiger partial charge in [-0.25, -0.2) is 0 Å². The number of carbonyl (C=O) groups is 2. The molecule has 2 aromatic rings. The summed E-state index contributed by atoms with van der Waals surface area (Å²) in [5, 5.41) is 4.84. The van der Waals surface area contributed by atoms with Crippen LogP contribution in [0.3, 0.4) is 0 Å². The fourth-order valence-electron chi connectivity index (χ4n) is 2.44. The lowest BCUT2D eigenvalue weighted by atomic mass is 10.00. The van der Waals surface area contributed by atoms with Crippen LogP contribution in [0.4, 0.5) is 5.69 Å². The van der Waals surface area contributed by atoms with E-state index in [0.717, 1.165) is 16.1 Å². The first-order chi connectivity index (χ1) is 10.1. The normalized spacial score (nSPS) is 13.5. The Balaban J connectivity index is 1.77. The molecule has 0 spiro atoms. The number of amides is 2. The van der Waals surface area contributed by atoms with Crippen LogP contribution in [0.25, 0.3) is 0 Å². The number of carbonyl (C=O) groups excluding carboxylic acids is 2. The first-order valence-electron chi connectivity index (χ1n) is 6.84. The molecule has 2 amide bonds. The summed E-state index contributed by atoms with van der Waals surface area (Å²) in [6, 6.07) is 9.50. The quantitative estimate of drug-likeness (QED) is 0.947. The summed E-state index contributed by atoms with van der Waals surface area (Å²) in [5.41, 5.74) is 2.53. The Labute approximate surface area is 127 Å². The van der Waals surface area contributed by atoms with Crippen LogP contribution in [0.1, 0.15) is 27.2 Å². The SMILES string of the molecule is CN(Cc1cccs1)C(=O)c1ccc2c(c1)CCC(=O)N2. The largest absolute Gasteiger partial charge is 0.337 e. The highest BCUT2D eigenvalue weighted by Crippen LogP contribution is 2.24. The molecule has 1 aliphatic rings. The maximum Gasteiger partial charge on any atom is 0.253 e. The van der Waals surface area contributed by atoms with Gasteiger partial charge in [0.05, 0.1) is 6.54 Å². The van der Waals surface area contributed by atoms with Crippen molar-refractivity contribution in [2.45, 2.75) is 19.4 Å². The molecule has 21 heavy (non-hydrogen) atoms. The molecule has 5 heteroatoms. The van der Waals surface area contributed by atoms with Crippen molar-refractivity contribution in [1.82, 2.24) is 4.90 Å². The Morgan fingerprint density at radius 3 is 2.95 bits per heavy atom. The lowest BCUT2D eigenvalue weighted by molar-refractivity contribution is -0.116. The van der Waals surface area contributed by atoms with Gasteiger partial charge in [-0.15, -0.1) is 11.3 Å². The van der Waals surface area contributed by atoms with Gasteiger partial charge in [0, 0.05) is 29.6 Å². The summed E-state index contributed by atoms with van der Waals surface area (Å²) in [6.45, 7) is 0.615. The van der Waals surface area contributed by atoms with Crippen molar-refractivity contribution in [2.75, 3.05) is 12.4 Å². The Bertz CT molecular complexity index is 680. The summed E-state index contributed by atoms with van der Waals surface area (Å²) < 4.78 is 0. The van der Waals surface area contributed by atoms with Crippen LogP contribution in [0.15, 0.2) is 35.7 Å².